The maximum Gasteiger partial charge on any atom is 0.167 e. The summed E-state index contributed by atoms with van der Waals surface area (Å²) in [4.78, 5) is 0. The Balaban J connectivity index is 2.57. The summed E-state index contributed by atoms with van der Waals surface area (Å²) in [6.07, 6.45) is 2.33. The average molecular weight is 163 g/mol. The summed E-state index contributed by atoms with van der Waals surface area (Å²) in [5.74, 6) is 0. The fourth-order valence-electron chi connectivity index (χ4n) is 1.29. The second-order valence-corrected chi connectivity index (χ2v) is 2.63. The Morgan fingerprint density at radius 3 is 3.17 bits per heavy atom. The molecule has 0 radical (unpaired) electrons. The summed E-state index contributed by atoms with van der Waals surface area (Å²) >= 11 is 0. The maximum atomic E-state index is 8.77. The fraction of sp³-hybridized carbons (Fsp3) is 0.222. The molecule has 2 rings (SSSR count). The van der Waals surface area contributed by atoms with Crippen LogP contribution in [-0.2, 0) is 6.42 Å². The molecule has 62 valence electrons. The number of hydrogen-bond donors (Lipinski definition) is 1. The summed E-state index contributed by atoms with van der Waals surface area (Å²) in [5.41, 5.74) is 1.86. The zero-order chi connectivity index (χ0) is 8.39. The van der Waals surface area contributed by atoms with Gasteiger partial charge in [0.1, 0.15) is 0 Å². The van der Waals surface area contributed by atoms with E-state index >= 15 is 0 Å². The van der Waals surface area contributed by atoms with Gasteiger partial charge in [0.2, 0.25) is 0 Å². The Morgan fingerprint density at radius 2 is 2.33 bits per heavy atom. The van der Waals surface area contributed by atoms with Crippen LogP contribution in [0.1, 0.15) is 5.56 Å². The third-order valence-corrected chi connectivity index (χ3v) is 1.87. The molecular formula is C9H9NO2. The number of nitrogens with zero attached hydrogens (tertiary/aromatic N) is 1. The van der Waals surface area contributed by atoms with Gasteiger partial charge in [-0.1, -0.05) is 17.3 Å². The first-order chi connectivity index (χ1) is 5.92. The van der Waals surface area contributed by atoms with Crippen molar-refractivity contribution in [3.63, 3.8) is 0 Å². The molecule has 0 amide bonds. The molecular weight excluding hydrogens is 154 g/mol. The molecule has 0 saturated carbocycles. The molecule has 12 heavy (non-hydrogen) atoms. The van der Waals surface area contributed by atoms with Crippen molar-refractivity contribution in [2.45, 2.75) is 6.42 Å². The SMILES string of the molecule is OCCc1cccc2oncc12. The van der Waals surface area contributed by atoms with Gasteiger partial charge in [0.05, 0.1) is 6.20 Å². The molecule has 1 heterocycles. The van der Waals surface area contributed by atoms with E-state index < -0.39 is 0 Å². The molecule has 1 aromatic carbocycles. The first-order valence-electron chi connectivity index (χ1n) is 3.85. The molecule has 0 aliphatic heterocycles. The van der Waals surface area contributed by atoms with E-state index in [2.05, 4.69) is 5.16 Å². The highest BCUT2D eigenvalue weighted by Crippen LogP contribution is 2.17. The fourth-order valence-corrected chi connectivity index (χ4v) is 1.29. The van der Waals surface area contributed by atoms with E-state index in [9.17, 15) is 0 Å². The molecule has 0 saturated heterocycles. The maximum absolute atomic E-state index is 8.77. The quantitative estimate of drug-likeness (QED) is 0.727. The Labute approximate surface area is 69.6 Å². The highest BCUT2D eigenvalue weighted by Gasteiger charge is 2.02. The Hall–Kier alpha value is -1.35. The zero-order valence-corrected chi connectivity index (χ0v) is 6.53. The Kier molecular flexibility index (Phi) is 1.80. The smallest absolute Gasteiger partial charge is 0.167 e. The van der Waals surface area contributed by atoms with Crippen LogP contribution in [0.5, 0.6) is 0 Å². The molecule has 0 unspecified atom stereocenters. The lowest BCUT2D eigenvalue weighted by Crippen LogP contribution is -1.89. The van der Waals surface area contributed by atoms with E-state index in [4.69, 9.17) is 9.63 Å². The summed E-state index contributed by atoms with van der Waals surface area (Å²) in [5, 5.41) is 13.4. The van der Waals surface area contributed by atoms with Crippen molar-refractivity contribution >= 4 is 11.0 Å². The van der Waals surface area contributed by atoms with Crippen LogP contribution in [0.25, 0.3) is 11.0 Å². The van der Waals surface area contributed by atoms with E-state index in [0.717, 1.165) is 16.5 Å². The summed E-state index contributed by atoms with van der Waals surface area (Å²) in [6.45, 7) is 0.157. The summed E-state index contributed by atoms with van der Waals surface area (Å²) in [6, 6.07) is 5.73. The normalized spacial score (nSPS) is 10.8. The largest absolute Gasteiger partial charge is 0.396 e. The molecule has 0 atom stereocenters. The number of benzene rings is 1. The molecule has 0 aliphatic rings. The van der Waals surface area contributed by atoms with Gasteiger partial charge in [-0.2, -0.15) is 0 Å². The van der Waals surface area contributed by atoms with E-state index in [1.807, 2.05) is 18.2 Å². The van der Waals surface area contributed by atoms with Crippen LogP contribution in [0.4, 0.5) is 0 Å². The van der Waals surface area contributed by atoms with Crippen molar-refractivity contribution in [2.24, 2.45) is 0 Å². The minimum atomic E-state index is 0.157. The van der Waals surface area contributed by atoms with Crippen LogP contribution in [0.3, 0.4) is 0 Å². The monoisotopic (exact) mass is 163 g/mol. The molecule has 1 aromatic heterocycles. The summed E-state index contributed by atoms with van der Waals surface area (Å²) < 4.78 is 4.97. The van der Waals surface area contributed by atoms with Gasteiger partial charge in [-0.05, 0) is 18.1 Å². The minimum absolute atomic E-state index is 0.157. The Bertz CT molecular complexity index is 381. The van der Waals surface area contributed by atoms with Crippen molar-refractivity contribution in [3.05, 3.63) is 30.0 Å². The van der Waals surface area contributed by atoms with Gasteiger partial charge in [-0.3, -0.25) is 0 Å². The molecule has 2 aromatic rings. The van der Waals surface area contributed by atoms with Crippen molar-refractivity contribution in [1.82, 2.24) is 5.16 Å². The van der Waals surface area contributed by atoms with Gasteiger partial charge in [0.15, 0.2) is 5.58 Å². The molecule has 0 spiro atoms. The highest BCUT2D eigenvalue weighted by atomic mass is 16.5. The van der Waals surface area contributed by atoms with E-state index in [1.165, 1.54) is 0 Å². The lowest BCUT2D eigenvalue weighted by atomic mass is 10.1. The van der Waals surface area contributed by atoms with Gasteiger partial charge < -0.3 is 9.63 Å². The lowest BCUT2D eigenvalue weighted by Gasteiger charge is -1.96. The molecule has 1 N–H and O–H groups in total. The van der Waals surface area contributed by atoms with Gasteiger partial charge in [0, 0.05) is 12.0 Å². The number of rotatable bonds is 2. The molecule has 0 bridgehead atoms. The van der Waals surface area contributed by atoms with Crippen LogP contribution >= 0.6 is 0 Å². The molecule has 3 nitrogen and oxygen atoms in total. The Morgan fingerprint density at radius 1 is 1.42 bits per heavy atom. The molecule has 0 aliphatic carbocycles. The van der Waals surface area contributed by atoms with E-state index in [-0.39, 0.29) is 6.61 Å². The van der Waals surface area contributed by atoms with Crippen molar-refractivity contribution in [1.29, 1.82) is 0 Å². The van der Waals surface area contributed by atoms with Gasteiger partial charge in [0.25, 0.3) is 0 Å². The zero-order valence-electron chi connectivity index (χ0n) is 6.53. The third-order valence-electron chi connectivity index (χ3n) is 1.87. The first-order valence-corrected chi connectivity index (χ1v) is 3.85. The van der Waals surface area contributed by atoms with Crippen molar-refractivity contribution in [2.75, 3.05) is 6.61 Å². The third kappa shape index (κ3) is 1.08. The first kappa shape index (κ1) is 7.31. The second-order valence-electron chi connectivity index (χ2n) is 2.63. The number of hydrogen-bond acceptors (Lipinski definition) is 3. The van der Waals surface area contributed by atoms with Gasteiger partial charge >= 0.3 is 0 Å². The number of fused-ring (bicyclic) bond motifs is 1. The standard InChI is InChI=1S/C9H9NO2/c11-5-4-7-2-1-3-9-8(7)6-10-12-9/h1-3,6,11H,4-5H2. The van der Waals surface area contributed by atoms with E-state index in [0.29, 0.717) is 6.42 Å². The van der Waals surface area contributed by atoms with Crippen LogP contribution in [-0.4, -0.2) is 16.9 Å². The summed E-state index contributed by atoms with van der Waals surface area (Å²) in [7, 11) is 0. The van der Waals surface area contributed by atoms with E-state index in [1.54, 1.807) is 6.20 Å². The second kappa shape index (κ2) is 2.95. The van der Waals surface area contributed by atoms with Crippen LogP contribution in [0.2, 0.25) is 0 Å². The number of aliphatic hydroxyl groups excluding tert-OH is 1. The van der Waals surface area contributed by atoms with Crippen LogP contribution < -0.4 is 0 Å². The number of aromatic nitrogens is 1. The van der Waals surface area contributed by atoms with Gasteiger partial charge in [-0.15, -0.1) is 0 Å². The highest BCUT2D eigenvalue weighted by molar-refractivity contribution is 5.79. The number of aliphatic hydroxyl groups is 1. The molecule has 0 fully saturated rings. The van der Waals surface area contributed by atoms with Crippen molar-refractivity contribution in [3.8, 4) is 0 Å². The van der Waals surface area contributed by atoms with Crippen LogP contribution in [0.15, 0.2) is 28.9 Å². The molecule has 3 heteroatoms. The van der Waals surface area contributed by atoms with Gasteiger partial charge in [-0.25, -0.2) is 0 Å². The predicted molar refractivity (Wildman–Crippen MR) is 44.8 cm³/mol. The predicted octanol–water partition coefficient (Wildman–Crippen LogP) is 1.36. The van der Waals surface area contributed by atoms with Crippen LogP contribution in [0, 0.1) is 0 Å². The minimum Gasteiger partial charge on any atom is -0.396 e. The topological polar surface area (TPSA) is 46.3 Å². The lowest BCUT2D eigenvalue weighted by molar-refractivity contribution is 0.300. The average Bonchev–Trinajstić information content (AvgIpc) is 2.53. The van der Waals surface area contributed by atoms with Crippen molar-refractivity contribution < 1.29 is 9.63 Å².